The minimum absolute atomic E-state index is 0.219. The summed E-state index contributed by atoms with van der Waals surface area (Å²) in [5.74, 6) is 0.674. The molecule has 1 N–H and O–H groups in total. The van der Waals surface area contributed by atoms with Crippen molar-refractivity contribution in [1.29, 1.82) is 0 Å². The second-order valence-corrected chi connectivity index (χ2v) is 5.39. The van der Waals surface area contributed by atoms with Crippen LogP contribution in [0.15, 0.2) is 30.3 Å². The molecule has 96 valence electrons. The van der Waals surface area contributed by atoms with Gasteiger partial charge >= 0.3 is 0 Å². The number of carbonyl (C=O) groups is 1. The molecule has 3 heteroatoms. The number of rotatable bonds is 2. The zero-order valence-corrected chi connectivity index (χ0v) is 10.6. The first kappa shape index (κ1) is 11.9. The molecular formula is C15H20N2O. The van der Waals surface area contributed by atoms with Gasteiger partial charge in [0.05, 0.1) is 0 Å². The van der Waals surface area contributed by atoms with Crippen molar-refractivity contribution < 1.29 is 4.79 Å². The van der Waals surface area contributed by atoms with E-state index in [0.29, 0.717) is 18.2 Å². The Kier molecular flexibility index (Phi) is 3.43. The van der Waals surface area contributed by atoms with Gasteiger partial charge in [0, 0.05) is 44.6 Å². The SMILES string of the molecule is O=C1CCNC2CCN(Cc3ccccc3)CC12. The fourth-order valence-electron chi connectivity index (χ4n) is 3.14. The number of Topliss-reactive ketones (excluding diaryl/α,β-unsaturated/α-hetero) is 1. The third-order valence-corrected chi connectivity index (χ3v) is 4.14. The molecule has 2 aliphatic heterocycles. The van der Waals surface area contributed by atoms with Gasteiger partial charge in [0.15, 0.2) is 0 Å². The van der Waals surface area contributed by atoms with E-state index in [2.05, 4.69) is 34.5 Å². The van der Waals surface area contributed by atoms with Crippen LogP contribution in [-0.4, -0.2) is 36.4 Å². The van der Waals surface area contributed by atoms with E-state index in [-0.39, 0.29) is 5.92 Å². The number of nitrogens with zero attached hydrogens (tertiary/aromatic N) is 1. The summed E-state index contributed by atoms with van der Waals surface area (Å²) in [6.45, 7) is 3.86. The summed E-state index contributed by atoms with van der Waals surface area (Å²) in [6, 6.07) is 11.0. The van der Waals surface area contributed by atoms with E-state index in [9.17, 15) is 4.79 Å². The Morgan fingerprint density at radius 2 is 2.11 bits per heavy atom. The van der Waals surface area contributed by atoms with E-state index in [1.807, 2.05) is 6.07 Å². The summed E-state index contributed by atoms with van der Waals surface area (Å²) >= 11 is 0. The van der Waals surface area contributed by atoms with E-state index < -0.39 is 0 Å². The summed E-state index contributed by atoms with van der Waals surface area (Å²) in [7, 11) is 0. The predicted molar refractivity (Wildman–Crippen MR) is 71.2 cm³/mol. The quantitative estimate of drug-likeness (QED) is 0.854. The third-order valence-electron chi connectivity index (χ3n) is 4.14. The first-order chi connectivity index (χ1) is 8.83. The van der Waals surface area contributed by atoms with Gasteiger partial charge in [-0.1, -0.05) is 30.3 Å². The molecule has 2 fully saturated rings. The molecule has 2 atom stereocenters. The summed E-state index contributed by atoms with van der Waals surface area (Å²) in [6.07, 6.45) is 1.81. The van der Waals surface area contributed by atoms with Crippen molar-refractivity contribution in [2.45, 2.75) is 25.4 Å². The zero-order chi connectivity index (χ0) is 12.4. The smallest absolute Gasteiger partial charge is 0.140 e. The minimum atomic E-state index is 0.219. The van der Waals surface area contributed by atoms with Gasteiger partial charge in [-0.3, -0.25) is 9.69 Å². The Labute approximate surface area is 108 Å². The molecule has 2 heterocycles. The number of hydrogen-bond donors (Lipinski definition) is 1. The number of ketones is 1. The van der Waals surface area contributed by atoms with Gasteiger partial charge in [0.2, 0.25) is 0 Å². The number of benzene rings is 1. The minimum Gasteiger partial charge on any atom is -0.313 e. The van der Waals surface area contributed by atoms with Gasteiger partial charge in [0.25, 0.3) is 0 Å². The van der Waals surface area contributed by atoms with E-state index in [1.54, 1.807) is 0 Å². The van der Waals surface area contributed by atoms with Crippen molar-refractivity contribution in [3.63, 3.8) is 0 Å². The number of nitrogens with one attached hydrogen (secondary N) is 1. The number of fused-ring (bicyclic) bond motifs is 1. The molecule has 18 heavy (non-hydrogen) atoms. The molecule has 0 saturated carbocycles. The highest BCUT2D eigenvalue weighted by Gasteiger charge is 2.36. The lowest BCUT2D eigenvalue weighted by atomic mass is 9.84. The van der Waals surface area contributed by atoms with E-state index in [4.69, 9.17) is 0 Å². The molecule has 2 unspecified atom stereocenters. The molecule has 0 bridgehead atoms. The maximum atomic E-state index is 12.0. The van der Waals surface area contributed by atoms with Gasteiger partial charge in [-0.25, -0.2) is 0 Å². The largest absolute Gasteiger partial charge is 0.313 e. The van der Waals surface area contributed by atoms with Gasteiger partial charge in [-0.15, -0.1) is 0 Å². The van der Waals surface area contributed by atoms with Crippen LogP contribution in [0, 0.1) is 5.92 Å². The average molecular weight is 244 g/mol. The molecule has 1 aromatic carbocycles. The molecule has 2 aliphatic rings. The van der Waals surface area contributed by atoms with Crippen LogP contribution in [0.5, 0.6) is 0 Å². The van der Waals surface area contributed by atoms with Crippen molar-refractivity contribution in [1.82, 2.24) is 10.2 Å². The highest BCUT2D eigenvalue weighted by molar-refractivity contribution is 5.83. The van der Waals surface area contributed by atoms with Crippen LogP contribution in [0.25, 0.3) is 0 Å². The van der Waals surface area contributed by atoms with Crippen LogP contribution >= 0.6 is 0 Å². The van der Waals surface area contributed by atoms with Crippen molar-refractivity contribution in [3.05, 3.63) is 35.9 Å². The van der Waals surface area contributed by atoms with Crippen molar-refractivity contribution in [2.75, 3.05) is 19.6 Å². The normalized spacial score (nSPS) is 29.0. The van der Waals surface area contributed by atoms with Crippen LogP contribution in [-0.2, 0) is 11.3 Å². The summed E-state index contributed by atoms with van der Waals surface area (Å²) in [4.78, 5) is 14.4. The molecule has 0 spiro atoms. The maximum Gasteiger partial charge on any atom is 0.140 e. The molecule has 0 aliphatic carbocycles. The topological polar surface area (TPSA) is 32.3 Å². The first-order valence-corrected chi connectivity index (χ1v) is 6.85. The Morgan fingerprint density at radius 3 is 2.94 bits per heavy atom. The second kappa shape index (κ2) is 5.21. The molecular weight excluding hydrogens is 224 g/mol. The van der Waals surface area contributed by atoms with Crippen LogP contribution in [0.4, 0.5) is 0 Å². The predicted octanol–water partition coefficient (Wildman–Crippen LogP) is 1.44. The molecule has 0 radical (unpaired) electrons. The molecule has 0 amide bonds. The van der Waals surface area contributed by atoms with Gasteiger partial charge in [-0.2, -0.15) is 0 Å². The van der Waals surface area contributed by atoms with Crippen molar-refractivity contribution >= 4 is 5.78 Å². The molecule has 0 aromatic heterocycles. The lowest BCUT2D eigenvalue weighted by Crippen LogP contribution is -2.55. The lowest BCUT2D eigenvalue weighted by molar-refractivity contribution is -0.127. The van der Waals surface area contributed by atoms with Crippen LogP contribution in [0.3, 0.4) is 0 Å². The van der Waals surface area contributed by atoms with E-state index in [0.717, 1.165) is 32.6 Å². The molecule has 1 aromatic rings. The van der Waals surface area contributed by atoms with Gasteiger partial charge < -0.3 is 5.32 Å². The fraction of sp³-hybridized carbons (Fsp3) is 0.533. The summed E-state index contributed by atoms with van der Waals surface area (Å²) in [5, 5.41) is 3.49. The van der Waals surface area contributed by atoms with Crippen molar-refractivity contribution in [3.8, 4) is 0 Å². The highest BCUT2D eigenvalue weighted by atomic mass is 16.1. The highest BCUT2D eigenvalue weighted by Crippen LogP contribution is 2.23. The van der Waals surface area contributed by atoms with Crippen molar-refractivity contribution in [2.24, 2.45) is 5.92 Å². The van der Waals surface area contributed by atoms with Gasteiger partial charge in [0.1, 0.15) is 5.78 Å². The number of piperidine rings is 2. The van der Waals surface area contributed by atoms with Crippen LogP contribution in [0.2, 0.25) is 0 Å². The molecule has 2 saturated heterocycles. The van der Waals surface area contributed by atoms with E-state index >= 15 is 0 Å². The maximum absolute atomic E-state index is 12.0. The molecule has 3 nitrogen and oxygen atoms in total. The Morgan fingerprint density at radius 1 is 1.28 bits per heavy atom. The number of likely N-dealkylation sites (tertiary alicyclic amines) is 1. The summed E-state index contributed by atoms with van der Waals surface area (Å²) in [5.41, 5.74) is 1.34. The van der Waals surface area contributed by atoms with Crippen LogP contribution < -0.4 is 5.32 Å². The Hall–Kier alpha value is -1.19. The summed E-state index contributed by atoms with van der Waals surface area (Å²) < 4.78 is 0. The van der Waals surface area contributed by atoms with E-state index in [1.165, 1.54) is 5.56 Å². The van der Waals surface area contributed by atoms with Gasteiger partial charge in [-0.05, 0) is 12.0 Å². The number of carbonyl (C=O) groups excluding carboxylic acids is 1. The first-order valence-electron chi connectivity index (χ1n) is 6.85. The Balaban J connectivity index is 1.64. The second-order valence-electron chi connectivity index (χ2n) is 5.39. The lowest BCUT2D eigenvalue weighted by Gasteiger charge is -2.40. The Bertz CT molecular complexity index is 418. The molecule has 3 rings (SSSR count). The fourth-order valence-corrected chi connectivity index (χ4v) is 3.14. The standard InChI is InChI=1S/C15H20N2O/c18-15-6-8-16-14-7-9-17(11-13(14)15)10-12-4-2-1-3-5-12/h1-5,13-14,16H,6-11H2. The third kappa shape index (κ3) is 2.47. The number of hydrogen-bond acceptors (Lipinski definition) is 3. The average Bonchev–Trinajstić information content (AvgIpc) is 2.41. The monoisotopic (exact) mass is 244 g/mol. The zero-order valence-electron chi connectivity index (χ0n) is 10.6. The van der Waals surface area contributed by atoms with Crippen LogP contribution in [0.1, 0.15) is 18.4 Å².